The summed E-state index contributed by atoms with van der Waals surface area (Å²) in [6.07, 6.45) is 6.39. The summed E-state index contributed by atoms with van der Waals surface area (Å²) in [4.78, 5) is 40.2. The number of urea groups is 1. The molecule has 0 aromatic rings. The fourth-order valence-corrected chi connectivity index (χ4v) is 4.06. The number of nitrogens with one attached hydrogen (secondary N) is 2. The van der Waals surface area contributed by atoms with Gasteiger partial charge in [-0.25, -0.2) is 4.79 Å². The standard InChI is InChI=1S/C16H26N4O3/c1-19-15(23)20(14(22)16(19)7-3-2-4-8-16)11-13(21)18-12-6-5-9-17-10-12/h12,17H,2-11H2,1H3,(H,18,21). The lowest BCUT2D eigenvalue weighted by Gasteiger charge is -2.35. The zero-order valence-electron chi connectivity index (χ0n) is 13.8. The van der Waals surface area contributed by atoms with Crippen molar-refractivity contribution >= 4 is 17.8 Å². The summed E-state index contributed by atoms with van der Waals surface area (Å²) in [5.74, 6) is -0.441. The van der Waals surface area contributed by atoms with Gasteiger partial charge in [-0.1, -0.05) is 19.3 Å². The molecule has 2 saturated heterocycles. The maximum absolute atomic E-state index is 12.8. The van der Waals surface area contributed by atoms with Crippen LogP contribution in [0.4, 0.5) is 4.79 Å². The quantitative estimate of drug-likeness (QED) is 0.739. The van der Waals surface area contributed by atoms with Gasteiger partial charge in [-0.15, -0.1) is 0 Å². The monoisotopic (exact) mass is 322 g/mol. The van der Waals surface area contributed by atoms with Crippen molar-refractivity contribution in [2.75, 3.05) is 26.7 Å². The summed E-state index contributed by atoms with van der Waals surface area (Å²) in [6, 6.07) is -0.251. The van der Waals surface area contributed by atoms with E-state index >= 15 is 0 Å². The number of imide groups is 1. The Morgan fingerprint density at radius 1 is 1.26 bits per heavy atom. The molecule has 128 valence electrons. The van der Waals surface area contributed by atoms with Crippen LogP contribution in [-0.2, 0) is 9.59 Å². The molecular formula is C16H26N4O3. The van der Waals surface area contributed by atoms with Gasteiger partial charge in [0.1, 0.15) is 12.1 Å². The fourth-order valence-electron chi connectivity index (χ4n) is 4.06. The van der Waals surface area contributed by atoms with E-state index in [1.807, 2.05) is 0 Å². The van der Waals surface area contributed by atoms with Crippen molar-refractivity contribution in [3.8, 4) is 0 Å². The Labute approximate surface area is 136 Å². The van der Waals surface area contributed by atoms with E-state index in [9.17, 15) is 14.4 Å². The lowest BCUT2D eigenvalue weighted by molar-refractivity contribution is -0.137. The normalized spacial score (nSPS) is 27.6. The van der Waals surface area contributed by atoms with Gasteiger partial charge >= 0.3 is 6.03 Å². The van der Waals surface area contributed by atoms with E-state index < -0.39 is 5.54 Å². The molecule has 0 radical (unpaired) electrons. The first-order valence-corrected chi connectivity index (χ1v) is 8.64. The van der Waals surface area contributed by atoms with Gasteiger partial charge in [0.15, 0.2) is 0 Å². The molecule has 0 aromatic carbocycles. The van der Waals surface area contributed by atoms with Crippen LogP contribution in [0.2, 0.25) is 0 Å². The molecular weight excluding hydrogens is 296 g/mol. The molecule has 1 unspecified atom stereocenters. The average molecular weight is 322 g/mol. The molecule has 2 aliphatic heterocycles. The molecule has 3 fully saturated rings. The van der Waals surface area contributed by atoms with Crippen molar-refractivity contribution in [3.05, 3.63) is 0 Å². The molecule has 0 bridgehead atoms. The van der Waals surface area contributed by atoms with Crippen molar-refractivity contribution < 1.29 is 14.4 Å². The Balaban J connectivity index is 1.64. The Hall–Kier alpha value is -1.63. The first-order valence-electron chi connectivity index (χ1n) is 8.64. The lowest BCUT2D eigenvalue weighted by Crippen LogP contribution is -2.51. The number of carbonyl (C=O) groups excluding carboxylic acids is 3. The maximum atomic E-state index is 12.8. The molecule has 0 aromatic heterocycles. The average Bonchev–Trinajstić information content (AvgIpc) is 2.73. The van der Waals surface area contributed by atoms with Crippen LogP contribution in [0.3, 0.4) is 0 Å². The third-order valence-corrected chi connectivity index (χ3v) is 5.45. The predicted molar refractivity (Wildman–Crippen MR) is 84.7 cm³/mol. The largest absolute Gasteiger partial charge is 0.351 e. The van der Waals surface area contributed by atoms with Crippen LogP contribution < -0.4 is 10.6 Å². The number of amides is 4. The van der Waals surface area contributed by atoms with E-state index in [4.69, 9.17) is 0 Å². The highest BCUT2D eigenvalue weighted by Gasteiger charge is 2.55. The minimum Gasteiger partial charge on any atom is -0.351 e. The van der Waals surface area contributed by atoms with Gasteiger partial charge < -0.3 is 15.5 Å². The zero-order valence-corrected chi connectivity index (χ0v) is 13.8. The molecule has 2 N–H and O–H groups in total. The zero-order chi connectivity index (χ0) is 16.4. The van der Waals surface area contributed by atoms with Crippen molar-refractivity contribution in [3.63, 3.8) is 0 Å². The predicted octanol–water partition coefficient (Wildman–Crippen LogP) is 0.451. The first kappa shape index (κ1) is 16.2. The molecule has 7 nitrogen and oxygen atoms in total. The minimum atomic E-state index is -0.706. The van der Waals surface area contributed by atoms with Gasteiger partial charge in [0, 0.05) is 19.6 Å². The number of hydrogen-bond acceptors (Lipinski definition) is 4. The van der Waals surface area contributed by atoms with E-state index in [0.29, 0.717) is 12.8 Å². The second-order valence-corrected chi connectivity index (χ2v) is 6.94. The van der Waals surface area contributed by atoms with Gasteiger partial charge in [0.25, 0.3) is 5.91 Å². The Bertz CT molecular complexity index is 496. The van der Waals surface area contributed by atoms with Crippen LogP contribution in [0.5, 0.6) is 0 Å². The van der Waals surface area contributed by atoms with Crippen molar-refractivity contribution in [1.29, 1.82) is 0 Å². The molecule has 7 heteroatoms. The number of rotatable bonds is 3. The van der Waals surface area contributed by atoms with E-state index in [1.165, 1.54) is 0 Å². The highest BCUT2D eigenvalue weighted by Crippen LogP contribution is 2.39. The summed E-state index contributed by atoms with van der Waals surface area (Å²) in [7, 11) is 1.69. The van der Waals surface area contributed by atoms with E-state index in [1.54, 1.807) is 11.9 Å². The summed E-state index contributed by atoms with van der Waals surface area (Å²) in [6.45, 7) is 1.56. The first-order chi connectivity index (χ1) is 11.0. The van der Waals surface area contributed by atoms with E-state index in [0.717, 1.165) is 50.1 Å². The number of hydrogen-bond donors (Lipinski definition) is 2. The molecule has 4 amide bonds. The number of carbonyl (C=O) groups is 3. The Morgan fingerprint density at radius 2 is 2.00 bits per heavy atom. The van der Waals surface area contributed by atoms with Crippen LogP contribution in [0.1, 0.15) is 44.9 Å². The second kappa shape index (κ2) is 6.47. The number of nitrogens with zero attached hydrogens (tertiary/aromatic N) is 2. The molecule has 2 heterocycles. The third kappa shape index (κ3) is 2.94. The molecule has 1 aliphatic carbocycles. The van der Waals surface area contributed by atoms with Crippen molar-refractivity contribution in [1.82, 2.24) is 20.4 Å². The molecule has 1 atom stereocenters. The van der Waals surface area contributed by atoms with Gasteiger partial charge in [0.2, 0.25) is 5.91 Å². The maximum Gasteiger partial charge on any atom is 0.327 e. The topological polar surface area (TPSA) is 81.8 Å². The van der Waals surface area contributed by atoms with Gasteiger partial charge in [-0.3, -0.25) is 14.5 Å². The van der Waals surface area contributed by atoms with Crippen LogP contribution in [-0.4, -0.2) is 65.9 Å². The molecule has 3 aliphatic rings. The highest BCUT2D eigenvalue weighted by atomic mass is 16.2. The third-order valence-electron chi connectivity index (χ3n) is 5.45. The Kier molecular flexibility index (Phi) is 4.57. The van der Waals surface area contributed by atoms with E-state index in [2.05, 4.69) is 10.6 Å². The van der Waals surface area contributed by atoms with E-state index in [-0.39, 0.29) is 30.4 Å². The molecule has 1 spiro atoms. The molecule has 3 rings (SSSR count). The van der Waals surface area contributed by atoms with Crippen LogP contribution in [0.25, 0.3) is 0 Å². The van der Waals surface area contributed by atoms with Crippen molar-refractivity contribution in [2.24, 2.45) is 0 Å². The van der Waals surface area contributed by atoms with Gasteiger partial charge in [-0.05, 0) is 32.2 Å². The minimum absolute atomic E-state index is 0.0884. The smallest absolute Gasteiger partial charge is 0.327 e. The lowest BCUT2D eigenvalue weighted by atomic mass is 9.81. The summed E-state index contributed by atoms with van der Waals surface area (Å²) < 4.78 is 0. The Morgan fingerprint density at radius 3 is 2.65 bits per heavy atom. The number of likely N-dealkylation sites (N-methyl/N-ethyl adjacent to an activating group) is 1. The SMILES string of the molecule is CN1C(=O)N(CC(=O)NC2CCCNC2)C(=O)C12CCCCC2. The van der Waals surface area contributed by atoms with Gasteiger partial charge in [0.05, 0.1) is 0 Å². The highest BCUT2D eigenvalue weighted by molar-refractivity contribution is 6.08. The van der Waals surface area contributed by atoms with Crippen molar-refractivity contribution in [2.45, 2.75) is 56.5 Å². The van der Waals surface area contributed by atoms with Crippen LogP contribution >= 0.6 is 0 Å². The summed E-state index contributed by atoms with van der Waals surface area (Å²) >= 11 is 0. The van der Waals surface area contributed by atoms with Crippen LogP contribution in [0.15, 0.2) is 0 Å². The van der Waals surface area contributed by atoms with Gasteiger partial charge in [-0.2, -0.15) is 0 Å². The summed E-state index contributed by atoms with van der Waals surface area (Å²) in [5, 5.41) is 6.16. The summed E-state index contributed by atoms with van der Waals surface area (Å²) in [5.41, 5.74) is -0.706. The molecule has 23 heavy (non-hydrogen) atoms. The molecule has 1 saturated carbocycles. The second-order valence-electron chi connectivity index (χ2n) is 6.94. The fraction of sp³-hybridized carbons (Fsp3) is 0.812. The number of piperidine rings is 1. The van der Waals surface area contributed by atoms with Crippen LogP contribution in [0, 0.1) is 0 Å².